The number of carbonyl (C=O) groups is 2. The van der Waals surface area contributed by atoms with Gasteiger partial charge in [-0.05, 0) is 44.7 Å². The van der Waals surface area contributed by atoms with Crippen LogP contribution in [0.4, 0.5) is 0 Å². The van der Waals surface area contributed by atoms with Crippen molar-refractivity contribution in [2.45, 2.75) is 52.6 Å². The quantitative estimate of drug-likeness (QED) is 0.774. The van der Waals surface area contributed by atoms with Crippen molar-refractivity contribution in [3.8, 4) is 0 Å². The summed E-state index contributed by atoms with van der Waals surface area (Å²) in [6, 6.07) is 10.2. The molecule has 5 heteroatoms. The molecule has 2 rings (SSSR count). The first-order chi connectivity index (χ1) is 11.9. The molecule has 25 heavy (non-hydrogen) atoms. The summed E-state index contributed by atoms with van der Waals surface area (Å²) < 4.78 is 1.84. The second-order valence-electron chi connectivity index (χ2n) is 6.39. The molecule has 0 fully saturated rings. The van der Waals surface area contributed by atoms with Crippen LogP contribution >= 0.6 is 0 Å². The van der Waals surface area contributed by atoms with Gasteiger partial charge in [-0.25, -0.2) is 4.79 Å². The van der Waals surface area contributed by atoms with E-state index in [1.54, 1.807) is 13.1 Å². The Balaban J connectivity index is 1.97. The van der Waals surface area contributed by atoms with E-state index < -0.39 is 5.97 Å². The highest BCUT2D eigenvalue weighted by atomic mass is 16.4. The summed E-state index contributed by atoms with van der Waals surface area (Å²) in [5.41, 5.74) is 2.75. The highest BCUT2D eigenvalue weighted by Crippen LogP contribution is 2.18. The first-order valence-corrected chi connectivity index (χ1v) is 8.67. The van der Waals surface area contributed by atoms with E-state index >= 15 is 0 Å². The number of amides is 1. The van der Waals surface area contributed by atoms with Gasteiger partial charge in [0, 0.05) is 24.5 Å². The maximum atomic E-state index is 12.4. The van der Waals surface area contributed by atoms with E-state index in [-0.39, 0.29) is 23.9 Å². The lowest BCUT2D eigenvalue weighted by Crippen LogP contribution is -2.34. The first kappa shape index (κ1) is 18.8. The number of nitrogens with zero attached hydrogens (tertiary/aromatic N) is 1. The summed E-state index contributed by atoms with van der Waals surface area (Å²) in [5, 5.41) is 12.4. The van der Waals surface area contributed by atoms with Gasteiger partial charge in [0.15, 0.2) is 0 Å². The number of aromatic nitrogens is 1. The maximum absolute atomic E-state index is 12.4. The van der Waals surface area contributed by atoms with Gasteiger partial charge >= 0.3 is 5.97 Å². The molecule has 0 saturated heterocycles. The molecule has 0 radical (unpaired) electrons. The molecule has 1 amide bonds. The van der Waals surface area contributed by atoms with Crippen LogP contribution < -0.4 is 5.32 Å². The van der Waals surface area contributed by atoms with E-state index in [0.717, 1.165) is 12.8 Å². The average Bonchev–Trinajstić information content (AvgIpc) is 2.89. The van der Waals surface area contributed by atoms with Crippen LogP contribution in [0.2, 0.25) is 0 Å². The zero-order chi connectivity index (χ0) is 18.4. The van der Waals surface area contributed by atoms with Crippen LogP contribution in [-0.4, -0.2) is 27.6 Å². The molecule has 0 saturated carbocycles. The van der Waals surface area contributed by atoms with E-state index in [9.17, 15) is 14.7 Å². The summed E-state index contributed by atoms with van der Waals surface area (Å²) in [4.78, 5) is 23.9. The largest absolute Gasteiger partial charge is 0.478 e. The molecule has 0 spiro atoms. The van der Waals surface area contributed by atoms with Gasteiger partial charge in [0.05, 0.1) is 12.0 Å². The molecule has 134 valence electrons. The number of rotatable bonds is 8. The molecule has 0 bridgehead atoms. The Bertz CT molecular complexity index is 735. The highest BCUT2D eigenvalue weighted by molar-refractivity contribution is 5.93. The molecule has 0 aliphatic heterocycles. The standard InChI is InChI=1S/C20H26N2O3/c1-4-22-13-14(2)19(20(24)25)17(22)12-18(23)21-15(3)10-11-16-8-6-5-7-9-16/h5-9,13,15H,4,10-12H2,1-3H3,(H,21,23)(H,24,25). The number of carboxylic acids is 1. The summed E-state index contributed by atoms with van der Waals surface area (Å²) in [6.07, 6.45) is 3.62. The summed E-state index contributed by atoms with van der Waals surface area (Å²) in [7, 11) is 0. The highest BCUT2D eigenvalue weighted by Gasteiger charge is 2.21. The summed E-state index contributed by atoms with van der Waals surface area (Å²) in [5.74, 6) is -1.12. The Morgan fingerprint density at radius 2 is 1.92 bits per heavy atom. The van der Waals surface area contributed by atoms with Gasteiger partial charge in [0.2, 0.25) is 5.91 Å². The molecule has 0 aliphatic carbocycles. The van der Waals surface area contributed by atoms with Crippen LogP contribution in [0.15, 0.2) is 36.5 Å². The van der Waals surface area contributed by atoms with Gasteiger partial charge in [0.25, 0.3) is 0 Å². The normalized spacial score (nSPS) is 12.0. The van der Waals surface area contributed by atoms with E-state index in [1.807, 2.05) is 36.6 Å². The van der Waals surface area contributed by atoms with E-state index in [4.69, 9.17) is 0 Å². The number of aryl methyl sites for hydroxylation is 3. The van der Waals surface area contributed by atoms with Gasteiger partial charge in [0.1, 0.15) is 0 Å². The molecule has 0 aliphatic rings. The fourth-order valence-electron chi connectivity index (χ4n) is 3.09. The third kappa shape index (κ3) is 4.95. The SMILES string of the molecule is CCn1cc(C)c(C(=O)O)c1CC(=O)NC(C)CCc1ccccc1. The number of hydrogen-bond acceptors (Lipinski definition) is 2. The van der Waals surface area contributed by atoms with Crippen molar-refractivity contribution in [3.63, 3.8) is 0 Å². The number of hydrogen-bond donors (Lipinski definition) is 2. The van der Waals surface area contributed by atoms with Gasteiger partial charge in [-0.3, -0.25) is 4.79 Å². The Hall–Kier alpha value is -2.56. The van der Waals surface area contributed by atoms with Crippen LogP contribution in [0.1, 0.15) is 47.4 Å². The Morgan fingerprint density at radius 1 is 1.24 bits per heavy atom. The number of carboxylic acid groups (broad SMARTS) is 1. The van der Waals surface area contributed by atoms with Crippen molar-refractivity contribution in [2.24, 2.45) is 0 Å². The van der Waals surface area contributed by atoms with Crippen molar-refractivity contribution in [3.05, 3.63) is 58.9 Å². The fraction of sp³-hybridized carbons (Fsp3) is 0.400. The van der Waals surface area contributed by atoms with Crippen LogP contribution in [0.5, 0.6) is 0 Å². The first-order valence-electron chi connectivity index (χ1n) is 8.67. The molecular weight excluding hydrogens is 316 g/mol. The lowest BCUT2D eigenvalue weighted by Gasteiger charge is -2.15. The van der Waals surface area contributed by atoms with E-state index in [1.165, 1.54) is 5.56 Å². The predicted octanol–water partition coefficient (Wildman–Crippen LogP) is 3.19. The second kappa shape index (κ2) is 8.51. The Morgan fingerprint density at radius 3 is 2.52 bits per heavy atom. The smallest absolute Gasteiger partial charge is 0.337 e. The third-order valence-corrected chi connectivity index (χ3v) is 4.38. The Kier molecular flexibility index (Phi) is 6.39. The number of carbonyl (C=O) groups excluding carboxylic acids is 1. The minimum atomic E-state index is -0.982. The summed E-state index contributed by atoms with van der Waals surface area (Å²) in [6.45, 7) is 6.32. The van der Waals surface area contributed by atoms with Gasteiger partial charge in [-0.15, -0.1) is 0 Å². The molecule has 1 atom stereocenters. The van der Waals surface area contributed by atoms with Gasteiger partial charge in [-0.2, -0.15) is 0 Å². The van der Waals surface area contributed by atoms with Crippen LogP contribution in [0.3, 0.4) is 0 Å². The lowest BCUT2D eigenvalue weighted by molar-refractivity contribution is -0.121. The average molecular weight is 342 g/mol. The molecule has 1 aromatic heterocycles. The minimum Gasteiger partial charge on any atom is -0.478 e. The van der Waals surface area contributed by atoms with Crippen molar-refractivity contribution in [2.75, 3.05) is 0 Å². The molecule has 2 aromatic rings. The van der Waals surface area contributed by atoms with Crippen molar-refractivity contribution in [1.82, 2.24) is 9.88 Å². The van der Waals surface area contributed by atoms with Crippen LogP contribution in [0.25, 0.3) is 0 Å². The third-order valence-electron chi connectivity index (χ3n) is 4.38. The van der Waals surface area contributed by atoms with E-state index in [0.29, 0.717) is 17.8 Å². The lowest BCUT2D eigenvalue weighted by atomic mass is 10.1. The molecule has 1 heterocycles. The number of aromatic carboxylic acids is 1. The van der Waals surface area contributed by atoms with Crippen LogP contribution in [0, 0.1) is 6.92 Å². The fourth-order valence-corrected chi connectivity index (χ4v) is 3.09. The molecule has 2 N–H and O–H groups in total. The number of benzene rings is 1. The maximum Gasteiger partial charge on any atom is 0.337 e. The predicted molar refractivity (Wildman–Crippen MR) is 97.9 cm³/mol. The molecule has 5 nitrogen and oxygen atoms in total. The van der Waals surface area contributed by atoms with Gasteiger partial charge < -0.3 is 15.0 Å². The number of nitrogens with one attached hydrogen (secondary N) is 1. The van der Waals surface area contributed by atoms with Gasteiger partial charge in [-0.1, -0.05) is 30.3 Å². The monoisotopic (exact) mass is 342 g/mol. The molecule has 1 aromatic carbocycles. The molecular formula is C20H26N2O3. The zero-order valence-electron chi connectivity index (χ0n) is 15.1. The minimum absolute atomic E-state index is 0.0344. The van der Waals surface area contributed by atoms with Crippen LogP contribution in [-0.2, 0) is 24.2 Å². The van der Waals surface area contributed by atoms with Crippen molar-refractivity contribution < 1.29 is 14.7 Å². The van der Waals surface area contributed by atoms with Crippen molar-refractivity contribution in [1.29, 1.82) is 0 Å². The topological polar surface area (TPSA) is 71.3 Å². The summed E-state index contributed by atoms with van der Waals surface area (Å²) >= 11 is 0. The zero-order valence-corrected chi connectivity index (χ0v) is 15.1. The molecule has 1 unspecified atom stereocenters. The van der Waals surface area contributed by atoms with E-state index in [2.05, 4.69) is 17.4 Å². The second-order valence-corrected chi connectivity index (χ2v) is 6.39. The van der Waals surface area contributed by atoms with Crippen molar-refractivity contribution >= 4 is 11.9 Å². The Labute approximate surface area is 148 Å².